The van der Waals surface area contributed by atoms with Crippen molar-refractivity contribution in [3.8, 4) is 0 Å². The van der Waals surface area contributed by atoms with Crippen molar-refractivity contribution in [3.05, 3.63) is 29.0 Å². The van der Waals surface area contributed by atoms with Crippen molar-refractivity contribution in [1.29, 1.82) is 0 Å². The van der Waals surface area contributed by atoms with Crippen LogP contribution in [0.15, 0.2) is 18.6 Å². The van der Waals surface area contributed by atoms with E-state index in [2.05, 4.69) is 20.3 Å². The van der Waals surface area contributed by atoms with Crippen LogP contribution in [-0.4, -0.2) is 45.6 Å². The van der Waals surface area contributed by atoms with E-state index in [1.807, 2.05) is 24.1 Å². The third-order valence-corrected chi connectivity index (χ3v) is 5.23. The van der Waals surface area contributed by atoms with Crippen molar-refractivity contribution in [2.45, 2.75) is 32.9 Å². The molecule has 0 radical (unpaired) electrons. The highest BCUT2D eigenvalue weighted by Crippen LogP contribution is 2.23. The van der Waals surface area contributed by atoms with Gasteiger partial charge in [-0.1, -0.05) is 0 Å². The van der Waals surface area contributed by atoms with Crippen molar-refractivity contribution >= 4 is 22.3 Å². The Hall–Kier alpha value is -1.73. The first-order valence-electron chi connectivity index (χ1n) is 8.02. The van der Waals surface area contributed by atoms with Gasteiger partial charge in [0.05, 0.1) is 11.8 Å². The van der Waals surface area contributed by atoms with Crippen molar-refractivity contribution in [3.63, 3.8) is 0 Å². The van der Waals surface area contributed by atoms with E-state index in [0.29, 0.717) is 11.5 Å². The van der Waals surface area contributed by atoms with Crippen LogP contribution in [0.4, 0.5) is 5.13 Å². The Morgan fingerprint density at radius 2 is 2.35 bits per heavy atom. The van der Waals surface area contributed by atoms with E-state index >= 15 is 0 Å². The number of thiazole rings is 1. The lowest BCUT2D eigenvalue weighted by atomic mass is 9.98. The molecule has 7 heteroatoms. The van der Waals surface area contributed by atoms with Gasteiger partial charge in [0.15, 0.2) is 10.9 Å². The number of carbonyl (C=O) groups is 1. The summed E-state index contributed by atoms with van der Waals surface area (Å²) in [6.45, 7) is 5.64. The van der Waals surface area contributed by atoms with Crippen LogP contribution in [0.25, 0.3) is 0 Å². The molecule has 1 saturated heterocycles. The molecule has 0 amide bonds. The quantitative estimate of drug-likeness (QED) is 0.823. The first-order chi connectivity index (χ1) is 11.1. The molecule has 3 rings (SSSR count). The van der Waals surface area contributed by atoms with E-state index in [9.17, 15) is 4.79 Å². The molecule has 0 bridgehead atoms. The summed E-state index contributed by atoms with van der Waals surface area (Å²) in [5.74, 6) is 0.659. The zero-order chi connectivity index (χ0) is 16.2. The largest absolute Gasteiger partial charge is 0.365 e. The van der Waals surface area contributed by atoms with E-state index in [4.69, 9.17) is 0 Å². The zero-order valence-corrected chi connectivity index (χ0v) is 14.5. The molecule has 2 aromatic heterocycles. The summed E-state index contributed by atoms with van der Waals surface area (Å²) in [6.07, 6.45) is 7.93. The first kappa shape index (κ1) is 16.1. The van der Waals surface area contributed by atoms with Gasteiger partial charge in [-0.05, 0) is 32.2 Å². The Labute approximate surface area is 140 Å². The Morgan fingerprint density at radius 3 is 3.04 bits per heavy atom. The summed E-state index contributed by atoms with van der Waals surface area (Å²) in [5, 5.41) is 8.38. The van der Waals surface area contributed by atoms with Gasteiger partial charge in [-0.3, -0.25) is 14.4 Å². The first-order valence-corrected chi connectivity index (χ1v) is 8.84. The maximum Gasteiger partial charge on any atom is 0.182 e. The van der Waals surface area contributed by atoms with Gasteiger partial charge in [0, 0.05) is 44.0 Å². The topological polar surface area (TPSA) is 63.1 Å². The van der Waals surface area contributed by atoms with Crippen LogP contribution >= 0.6 is 11.3 Å². The fourth-order valence-corrected chi connectivity index (χ4v) is 3.88. The van der Waals surface area contributed by atoms with Crippen LogP contribution in [0, 0.1) is 5.92 Å². The average molecular weight is 333 g/mol. The number of rotatable bonds is 6. The Balaban J connectivity index is 1.55. The van der Waals surface area contributed by atoms with Gasteiger partial charge in [-0.15, -0.1) is 11.3 Å². The van der Waals surface area contributed by atoms with Crippen molar-refractivity contribution in [2.24, 2.45) is 5.92 Å². The Morgan fingerprint density at radius 1 is 1.48 bits per heavy atom. The summed E-state index contributed by atoms with van der Waals surface area (Å²) >= 11 is 1.72. The molecular weight excluding hydrogens is 310 g/mol. The molecule has 23 heavy (non-hydrogen) atoms. The van der Waals surface area contributed by atoms with Crippen molar-refractivity contribution < 1.29 is 4.79 Å². The molecule has 1 aliphatic rings. The summed E-state index contributed by atoms with van der Waals surface area (Å²) < 4.78 is 1.91. The molecule has 2 aromatic rings. The van der Waals surface area contributed by atoms with E-state index in [1.165, 1.54) is 17.7 Å². The molecule has 1 aliphatic heterocycles. The predicted octanol–water partition coefficient (Wildman–Crippen LogP) is 2.50. The second kappa shape index (κ2) is 7.23. The minimum atomic E-state index is 0.0760. The van der Waals surface area contributed by atoms with E-state index in [1.54, 1.807) is 24.5 Å². The molecule has 0 spiro atoms. The van der Waals surface area contributed by atoms with Crippen molar-refractivity contribution in [1.82, 2.24) is 19.7 Å². The van der Waals surface area contributed by atoms with Gasteiger partial charge < -0.3 is 5.32 Å². The lowest BCUT2D eigenvalue weighted by molar-refractivity contribution is 0.101. The van der Waals surface area contributed by atoms with Gasteiger partial charge >= 0.3 is 0 Å². The summed E-state index contributed by atoms with van der Waals surface area (Å²) in [4.78, 5) is 19.5. The number of likely N-dealkylation sites (tertiary alicyclic amines) is 1. The highest BCUT2D eigenvalue weighted by molar-refractivity contribution is 7.15. The number of hydrogen-bond donors (Lipinski definition) is 1. The number of nitrogens with zero attached hydrogens (tertiary/aromatic N) is 4. The highest BCUT2D eigenvalue weighted by Gasteiger charge is 2.21. The molecule has 124 valence electrons. The molecule has 0 aliphatic carbocycles. The number of hydrogen-bond acceptors (Lipinski definition) is 6. The molecule has 1 unspecified atom stereocenters. The van der Waals surface area contributed by atoms with E-state index in [-0.39, 0.29) is 5.78 Å². The summed E-state index contributed by atoms with van der Waals surface area (Å²) in [7, 11) is 1.90. The minimum absolute atomic E-state index is 0.0760. The molecule has 1 atom stereocenters. The molecular formula is C16H23N5OS. The predicted molar refractivity (Wildman–Crippen MR) is 91.9 cm³/mol. The van der Waals surface area contributed by atoms with Gasteiger partial charge in [0.2, 0.25) is 0 Å². The summed E-state index contributed by atoms with van der Waals surface area (Å²) in [5.41, 5.74) is 0.696. The van der Waals surface area contributed by atoms with Crippen LogP contribution in [0.2, 0.25) is 0 Å². The SMILES string of the molecule is CNc1ncc(CN2CCCC(Cn3cc(C(C)=O)cn3)C2)s1. The second-order valence-corrected chi connectivity index (χ2v) is 7.25. The fraction of sp³-hybridized carbons (Fsp3) is 0.562. The molecule has 0 aromatic carbocycles. The third-order valence-electron chi connectivity index (χ3n) is 4.24. The van der Waals surface area contributed by atoms with Crippen molar-refractivity contribution in [2.75, 3.05) is 25.5 Å². The number of aromatic nitrogens is 3. The Bertz CT molecular complexity index is 665. The number of anilines is 1. The number of ketones is 1. The van der Waals surface area contributed by atoms with Gasteiger partial charge in [0.25, 0.3) is 0 Å². The maximum absolute atomic E-state index is 11.4. The van der Waals surface area contributed by atoms with Crippen LogP contribution in [0.3, 0.4) is 0 Å². The number of Topliss-reactive ketones (excluding diaryl/α,β-unsaturated/α-hetero) is 1. The van der Waals surface area contributed by atoms with Gasteiger partial charge in [0.1, 0.15) is 0 Å². The Kier molecular flexibility index (Phi) is 5.07. The number of piperidine rings is 1. The van der Waals surface area contributed by atoms with E-state index in [0.717, 1.165) is 31.3 Å². The van der Waals surface area contributed by atoms with Crippen LogP contribution in [0.5, 0.6) is 0 Å². The molecule has 1 fully saturated rings. The monoisotopic (exact) mass is 333 g/mol. The summed E-state index contributed by atoms with van der Waals surface area (Å²) in [6, 6.07) is 0. The second-order valence-electron chi connectivity index (χ2n) is 6.13. The molecule has 0 saturated carbocycles. The fourth-order valence-electron chi connectivity index (χ4n) is 3.07. The van der Waals surface area contributed by atoms with Gasteiger partial charge in [-0.25, -0.2) is 4.98 Å². The molecule has 1 N–H and O–H groups in total. The lowest BCUT2D eigenvalue weighted by Gasteiger charge is -2.32. The van der Waals surface area contributed by atoms with E-state index < -0.39 is 0 Å². The molecule has 6 nitrogen and oxygen atoms in total. The number of nitrogens with one attached hydrogen (secondary N) is 1. The lowest BCUT2D eigenvalue weighted by Crippen LogP contribution is -2.36. The van der Waals surface area contributed by atoms with Crippen LogP contribution in [0.1, 0.15) is 35.0 Å². The van der Waals surface area contributed by atoms with Crippen LogP contribution < -0.4 is 5.32 Å². The average Bonchev–Trinajstić information content (AvgIpc) is 3.17. The minimum Gasteiger partial charge on any atom is -0.365 e. The normalized spacial score (nSPS) is 19.0. The smallest absolute Gasteiger partial charge is 0.182 e. The van der Waals surface area contributed by atoms with Crippen LogP contribution in [-0.2, 0) is 13.1 Å². The standard InChI is InChI=1S/C16H23N5OS/c1-12(22)14-6-19-21(10-14)9-13-4-3-5-20(8-13)11-15-7-18-16(17-2)23-15/h6-7,10,13H,3-5,8-9,11H2,1-2H3,(H,17,18). The number of carbonyl (C=O) groups excluding carboxylic acids is 1. The molecule has 3 heterocycles. The zero-order valence-electron chi connectivity index (χ0n) is 13.7. The third kappa shape index (κ3) is 4.17. The maximum atomic E-state index is 11.4. The van der Waals surface area contributed by atoms with Gasteiger partial charge in [-0.2, -0.15) is 5.10 Å². The highest BCUT2D eigenvalue weighted by atomic mass is 32.1.